The summed E-state index contributed by atoms with van der Waals surface area (Å²) >= 11 is 5.98. The van der Waals surface area contributed by atoms with Gasteiger partial charge in [-0.15, -0.1) is 0 Å². The standard InChI is InChI=1S/C19H33ClN6O/c1-13(2)10-14(3)26(17-22-12-21-16(20)23-17)9-8-25-11-18(4,5)24-19(6,7)15(25)27/h12-14,24H,8-11H2,1-7H3. The number of carbonyl (C=O) groups excluding carboxylic acids is 1. The largest absolute Gasteiger partial charge is 0.338 e. The van der Waals surface area contributed by atoms with E-state index in [-0.39, 0.29) is 22.8 Å². The zero-order chi connectivity index (χ0) is 20.4. The van der Waals surface area contributed by atoms with Crippen LogP contribution in [0.15, 0.2) is 6.33 Å². The molecule has 1 fully saturated rings. The Morgan fingerprint density at radius 1 is 1.26 bits per heavy atom. The van der Waals surface area contributed by atoms with Crippen LogP contribution in [-0.4, -0.2) is 62.5 Å². The Morgan fingerprint density at radius 2 is 1.93 bits per heavy atom. The number of amides is 1. The van der Waals surface area contributed by atoms with E-state index in [0.29, 0.717) is 31.5 Å². The Kier molecular flexibility index (Phi) is 6.68. The van der Waals surface area contributed by atoms with Crippen molar-refractivity contribution in [3.8, 4) is 0 Å². The zero-order valence-corrected chi connectivity index (χ0v) is 18.3. The molecule has 1 aromatic rings. The lowest BCUT2D eigenvalue weighted by atomic mass is 9.90. The number of hydrogen-bond acceptors (Lipinski definition) is 6. The predicted octanol–water partition coefficient (Wildman–Crippen LogP) is 2.76. The summed E-state index contributed by atoms with van der Waals surface area (Å²) < 4.78 is 0. The Labute approximate surface area is 167 Å². The third-order valence-corrected chi connectivity index (χ3v) is 4.98. The maximum absolute atomic E-state index is 12.9. The summed E-state index contributed by atoms with van der Waals surface area (Å²) in [7, 11) is 0. The first-order chi connectivity index (χ1) is 12.4. The summed E-state index contributed by atoms with van der Waals surface area (Å²) in [6.07, 6.45) is 2.43. The quantitative estimate of drug-likeness (QED) is 0.763. The van der Waals surface area contributed by atoms with Gasteiger partial charge in [-0.1, -0.05) is 13.8 Å². The third kappa shape index (κ3) is 5.75. The zero-order valence-electron chi connectivity index (χ0n) is 17.6. The van der Waals surface area contributed by atoms with Gasteiger partial charge >= 0.3 is 0 Å². The van der Waals surface area contributed by atoms with E-state index in [9.17, 15) is 4.79 Å². The second kappa shape index (κ2) is 8.27. The highest BCUT2D eigenvalue weighted by atomic mass is 35.5. The van der Waals surface area contributed by atoms with E-state index in [1.54, 1.807) is 0 Å². The number of nitrogens with one attached hydrogen (secondary N) is 1. The van der Waals surface area contributed by atoms with Crippen LogP contribution in [0.25, 0.3) is 0 Å². The molecular weight excluding hydrogens is 364 g/mol. The number of rotatable bonds is 7. The van der Waals surface area contributed by atoms with Crippen LogP contribution in [0.4, 0.5) is 5.95 Å². The fourth-order valence-electron chi connectivity index (χ4n) is 4.03. The molecule has 0 spiro atoms. The van der Waals surface area contributed by atoms with Crippen molar-refractivity contribution in [3.63, 3.8) is 0 Å². The van der Waals surface area contributed by atoms with Gasteiger partial charge in [0.2, 0.25) is 17.1 Å². The molecule has 1 aliphatic heterocycles. The maximum Gasteiger partial charge on any atom is 0.242 e. The summed E-state index contributed by atoms with van der Waals surface area (Å²) in [5, 5.41) is 3.61. The van der Waals surface area contributed by atoms with Gasteiger partial charge in [-0.2, -0.15) is 4.98 Å². The third-order valence-electron chi connectivity index (χ3n) is 4.80. The molecule has 1 saturated heterocycles. The number of aromatic nitrogens is 3. The molecule has 1 atom stereocenters. The van der Waals surface area contributed by atoms with Gasteiger partial charge in [-0.05, 0) is 58.6 Å². The number of anilines is 1. The summed E-state index contributed by atoms with van der Waals surface area (Å²) in [5.41, 5.74) is -0.713. The van der Waals surface area contributed by atoms with Gasteiger partial charge in [-0.3, -0.25) is 10.1 Å². The highest BCUT2D eigenvalue weighted by Crippen LogP contribution is 2.23. The van der Waals surface area contributed by atoms with Crippen molar-refractivity contribution in [2.45, 2.75) is 72.0 Å². The van der Waals surface area contributed by atoms with Crippen molar-refractivity contribution in [2.75, 3.05) is 24.5 Å². The first-order valence-electron chi connectivity index (χ1n) is 9.61. The molecule has 1 aliphatic rings. The van der Waals surface area contributed by atoms with E-state index >= 15 is 0 Å². The van der Waals surface area contributed by atoms with Crippen molar-refractivity contribution in [3.05, 3.63) is 11.6 Å². The fraction of sp³-hybridized carbons (Fsp3) is 0.789. The molecule has 0 saturated carbocycles. The predicted molar refractivity (Wildman–Crippen MR) is 109 cm³/mol. The molecular formula is C19H33ClN6O. The topological polar surface area (TPSA) is 74.2 Å². The van der Waals surface area contributed by atoms with Crippen molar-refractivity contribution in [2.24, 2.45) is 5.92 Å². The van der Waals surface area contributed by atoms with Crippen LogP contribution in [0.3, 0.4) is 0 Å². The van der Waals surface area contributed by atoms with Gasteiger partial charge in [0.1, 0.15) is 6.33 Å². The van der Waals surface area contributed by atoms with Gasteiger partial charge in [-0.25, -0.2) is 9.97 Å². The number of nitrogens with zero attached hydrogens (tertiary/aromatic N) is 5. The molecule has 1 unspecified atom stereocenters. The Morgan fingerprint density at radius 3 is 2.52 bits per heavy atom. The minimum Gasteiger partial charge on any atom is -0.338 e. The van der Waals surface area contributed by atoms with Crippen molar-refractivity contribution < 1.29 is 4.79 Å². The number of hydrogen-bond donors (Lipinski definition) is 1. The summed E-state index contributed by atoms with van der Waals surface area (Å²) in [5.74, 6) is 1.22. The van der Waals surface area contributed by atoms with Crippen molar-refractivity contribution in [1.82, 2.24) is 25.2 Å². The number of halogens is 1. The van der Waals surface area contributed by atoms with E-state index in [1.807, 2.05) is 18.7 Å². The van der Waals surface area contributed by atoms with Crippen molar-refractivity contribution in [1.29, 1.82) is 0 Å². The lowest BCUT2D eigenvalue weighted by Gasteiger charge is -2.47. The highest BCUT2D eigenvalue weighted by Gasteiger charge is 2.43. The Bertz CT molecular complexity index is 663. The fourth-order valence-corrected chi connectivity index (χ4v) is 4.15. The minimum atomic E-state index is -0.577. The average Bonchev–Trinajstić information content (AvgIpc) is 2.50. The number of piperazine rings is 1. The van der Waals surface area contributed by atoms with Gasteiger partial charge in [0.05, 0.1) is 5.54 Å². The van der Waals surface area contributed by atoms with E-state index in [4.69, 9.17) is 11.6 Å². The lowest BCUT2D eigenvalue weighted by Crippen LogP contribution is -2.70. The molecule has 1 N–H and O–H groups in total. The van der Waals surface area contributed by atoms with Crippen LogP contribution in [0, 0.1) is 5.92 Å². The van der Waals surface area contributed by atoms with Gasteiger partial charge < -0.3 is 9.80 Å². The molecule has 0 aromatic carbocycles. The molecule has 27 heavy (non-hydrogen) atoms. The summed E-state index contributed by atoms with van der Waals surface area (Å²) in [4.78, 5) is 29.4. The van der Waals surface area contributed by atoms with E-state index < -0.39 is 5.54 Å². The van der Waals surface area contributed by atoms with Crippen molar-refractivity contribution >= 4 is 23.5 Å². The molecule has 1 amide bonds. The first-order valence-corrected chi connectivity index (χ1v) is 9.99. The average molecular weight is 397 g/mol. The van der Waals surface area contributed by atoms with Crippen LogP contribution >= 0.6 is 11.6 Å². The van der Waals surface area contributed by atoms with Gasteiger partial charge in [0.15, 0.2) is 0 Å². The normalized spacial score (nSPS) is 20.0. The minimum absolute atomic E-state index is 0.118. The maximum atomic E-state index is 12.9. The smallest absolute Gasteiger partial charge is 0.242 e. The van der Waals surface area contributed by atoms with Crippen LogP contribution in [-0.2, 0) is 4.79 Å². The lowest BCUT2D eigenvalue weighted by molar-refractivity contribution is -0.143. The molecule has 7 nitrogen and oxygen atoms in total. The molecule has 8 heteroatoms. The van der Waals surface area contributed by atoms with Gasteiger partial charge in [0.25, 0.3) is 0 Å². The molecule has 2 heterocycles. The second-order valence-corrected chi connectivity index (χ2v) is 9.43. The Balaban J connectivity index is 2.19. The molecule has 2 rings (SSSR count). The number of carbonyl (C=O) groups is 1. The summed E-state index contributed by atoms with van der Waals surface area (Å²) in [6, 6.07) is 0.225. The molecule has 1 aromatic heterocycles. The van der Waals surface area contributed by atoms with Crippen LogP contribution in [0.5, 0.6) is 0 Å². The molecule has 0 bridgehead atoms. The first kappa shape index (κ1) is 21.8. The monoisotopic (exact) mass is 396 g/mol. The van der Waals surface area contributed by atoms with Crippen LogP contribution < -0.4 is 10.2 Å². The van der Waals surface area contributed by atoms with E-state index in [2.05, 4.69) is 59.8 Å². The van der Waals surface area contributed by atoms with Gasteiger partial charge in [0, 0.05) is 31.2 Å². The van der Waals surface area contributed by atoms with Crippen LogP contribution in [0.2, 0.25) is 5.28 Å². The van der Waals surface area contributed by atoms with Crippen LogP contribution in [0.1, 0.15) is 54.9 Å². The molecule has 0 aliphatic carbocycles. The Hall–Kier alpha value is -1.47. The van der Waals surface area contributed by atoms with E-state index in [1.165, 1.54) is 6.33 Å². The second-order valence-electron chi connectivity index (χ2n) is 9.09. The SMILES string of the molecule is CC(C)CC(C)N(CCN1CC(C)(C)NC(C)(C)C1=O)c1ncnc(Cl)n1. The van der Waals surface area contributed by atoms with E-state index in [0.717, 1.165) is 6.42 Å². The molecule has 152 valence electrons. The highest BCUT2D eigenvalue weighted by molar-refractivity contribution is 6.28. The molecule has 0 radical (unpaired) electrons. The summed E-state index contributed by atoms with van der Waals surface area (Å²) in [6.45, 7) is 16.6.